The van der Waals surface area contributed by atoms with E-state index < -0.39 is 11.7 Å². The van der Waals surface area contributed by atoms with Crippen molar-refractivity contribution in [1.82, 2.24) is 19.7 Å². The molecule has 0 fully saturated rings. The fraction of sp³-hybridized carbons (Fsp3) is 0.364. The van der Waals surface area contributed by atoms with Crippen LogP contribution in [-0.4, -0.2) is 30.8 Å². The summed E-state index contributed by atoms with van der Waals surface area (Å²) in [5.41, 5.74) is 1.03. The largest absolute Gasteiger partial charge is 0.481 e. The van der Waals surface area contributed by atoms with E-state index in [0.29, 0.717) is 22.8 Å². The minimum Gasteiger partial charge on any atom is -0.481 e. The van der Waals surface area contributed by atoms with Crippen molar-refractivity contribution >= 4 is 5.97 Å². The summed E-state index contributed by atoms with van der Waals surface area (Å²) in [5.74, 6) is -0.644. The third-order valence-electron chi connectivity index (χ3n) is 2.81. The molecule has 8 heteroatoms. The van der Waals surface area contributed by atoms with Gasteiger partial charge in [-0.1, -0.05) is 5.16 Å². The number of rotatable bonds is 4. The van der Waals surface area contributed by atoms with Crippen molar-refractivity contribution in [3.63, 3.8) is 0 Å². The van der Waals surface area contributed by atoms with Crippen molar-refractivity contribution in [1.29, 1.82) is 0 Å². The first-order chi connectivity index (χ1) is 8.99. The van der Waals surface area contributed by atoms with E-state index in [0.717, 1.165) is 6.39 Å². The number of aryl methyl sites for hydroxylation is 1. The van der Waals surface area contributed by atoms with Crippen molar-refractivity contribution in [3.8, 4) is 0 Å². The highest BCUT2D eigenvalue weighted by Gasteiger charge is 2.15. The van der Waals surface area contributed by atoms with Gasteiger partial charge in [-0.2, -0.15) is 9.97 Å². The summed E-state index contributed by atoms with van der Waals surface area (Å²) in [6.07, 6.45) is 0.979. The van der Waals surface area contributed by atoms with Crippen LogP contribution in [0, 0.1) is 13.8 Å². The number of hydrogen-bond donors (Lipinski definition) is 1. The third kappa shape index (κ3) is 2.67. The Morgan fingerprint density at radius 2 is 2.21 bits per heavy atom. The van der Waals surface area contributed by atoms with Gasteiger partial charge < -0.3 is 9.63 Å². The number of hydrogen-bond acceptors (Lipinski definition) is 6. The lowest BCUT2D eigenvalue weighted by Crippen LogP contribution is -2.29. The van der Waals surface area contributed by atoms with Crippen LogP contribution in [0.4, 0.5) is 0 Å². The van der Waals surface area contributed by atoms with Crippen LogP contribution in [0.1, 0.15) is 22.8 Å². The third-order valence-corrected chi connectivity index (χ3v) is 2.81. The molecule has 2 rings (SSSR count). The van der Waals surface area contributed by atoms with E-state index in [4.69, 9.17) is 5.11 Å². The molecular formula is C11H12N4O4. The van der Waals surface area contributed by atoms with Gasteiger partial charge in [-0.15, -0.1) is 0 Å². The van der Waals surface area contributed by atoms with Crippen molar-refractivity contribution in [2.45, 2.75) is 26.8 Å². The zero-order chi connectivity index (χ0) is 14.0. The molecule has 0 aliphatic rings. The van der Waals surface area contributed by atoms with Gasteiger partial charge in [0.2, 0.25) is 6.39 Å². The molecule has 0 saturated heterocycles. The molecule has 0 radical (unpaired) electrons. The highest BCUT2D eigenvalue weighted by atomic mass is 16.5. The summed E-state index contributed by atoms with van der Waals surface area (Å²) in [6.45, 7) is 3.39. The van der Waals surface area contributed by atoms with E-state index >= 15 is 0 Å². The molecule has 0 bridgehead atoms. The fourth-order valence-corrected chi connectivity index (χ4v) is 1.84. The Morgan fingerprint density at radius 3 is 2.79 bits per heavy atom. The molecule has 1 N–H and O–H groups in total. The molecule has 19 heavy (non-hydrogen) atoms. The molecule has 2 heterocycles. The van der Waals surface area contributed by atoms with Crippen molar-refractivity contribution < 1.29 is 14.4 Å². The minimum absolute atomic E-state index is 0.0983. The van der Waals surface area contributed by atoms with Gasteiger partial charge in [-0.25, -0.2) is 4.79 Å². The number of carboxylic acids is 1. The summed E-state index contributed by atoms with van der Waals surface area (Å²) < 4.78 is 5.92. The average Bonchev–Trinajstić information content (AvgIpc) is 2.82. The topological polar surface area (TPSA) is 111 Å². The van der Waals surface area contributed by atoms with E-state index in [2.05, 4.69) is 19.6 Å². The monoisotopic (exact) mass is 264 g/mol. The van der Waals surface area contributed by atoms with E-state index in [1.165, 1.54) is 4.57 Å². The molecule has 0 atom stereocenters. The standard InChI is InChI=1S/C11H12N4O4/c1-6-8(3-10(16)17)7(2)15(11(18)13-6)4-9-12-5-19-14-9/h5H,3-4H2,1-2H3,(H,16,17). The van der Waals surface area contributed by atoms with Crippen LogP contribution < -0.4 is 5.69 Å². The molecule has 2 aromatic heterocycles. The molecule has 0 aliphatic heterocycles. The second kappa shape index (κ2) is 5.01. The smallest absolute Gasteiger partial charge is 0.348 e. The first-order valence-electron chi connectivity index (χ1n) is 5.53. The van der Waals surface area contributed by atoms with Gasteiger partial charge in [0.05, 0.1) is 13.0 Å². The molecule has 0 spiro atoms. The number of aromatic nitrogens is 4. The van der Waals surface area contributed by atoms with Gasteiger partial charge >= 0.3 is 11.7 Å². The van der Waals surface area contributed by atoms with E-state index in [1.807, 2.05) is 0 Å². The predicted octanol–water partition coefficient (Wildman–Crippen LogP) is -0.0815. The lowest BCUT2D eigenvalue weighted by molar-refractivity contribution is -0.136. The van der Waals surface area contributed by atoms with Gasteiger partial charge in [-0.05, 0) is 13.8 Å². The molecule has 2 aromatic rings. The average molecular weight is 264 g/mol. The fourth-order valence-electron chi connectivity index (χ4n) is 1.84. The normalized spacial score (nSPS) is 10.6. The maximum atomic E-state index is 11.8. The van der Waals surface area contributed by atoms with Crippen LogP contribution in [-0.2, 0) is 17.8 Å². The van der Waals surface area contributed by atoms with Crippen molar-refractivity contribution in [3.05, 3.63) is 39.7 Å². The Hall–Kier alpha value is -2.51. The molecule has 100 valence electrons. The summed E-state index contributed by atoms with van der Waals surface area (Å²) in [5, 5.41) is 12.5. The van der Waals surface area contributed by atoms with Crippen molar-refractivity contribution in [2.24, 2.45) is 0 Å². The molecule has 8 nitrogen and oxygen atoms in total. The first-order valence-corrected chi connectivity index (χ1v) is 5.53. The molecular weight excluding hydrogens is 252 g/mol. The number of nitrogens with zero attached hydrogens (tertiary/aromatic N) is 4. The van der Waals surface area contributed by atoms with Crippen molar-refractivity contribution in [2.75, 3.05) is 0 Å². The van der Waals surface area contributed by atoms with Crippen LogP contribution in [0.25, 0.3) is 0 Å². The second-order valence-corrected chi connectivity index (χ2v) is 4.05. The molecule has 0 saturated carbocycles. The second-order valence-electron chi connectivity index (χ2n) is 4.05. The maximum absolute atomic E-state index is 11.8. The number of carbonyl (C=O) groups is 1. The van der Waals surface area contributed by atoms with Crippen LogP contribution >= 0.6 is 0 Å². The van der Waals surface area contributed by atoms with Crippen LogP contribution in [0.5, 0.6) is 0 Å². The molecule has 0 aliphatic carbocycles. The molecule has 0 amide bonds. The van der Waals surface area contributed by atoms with Crippen LogP contribution in [0.15, 0.2) is 15.7 Å². The number of aliphatic carboxylic acids is 1. The van der Waals surface area contributed by atoms with Gasteiger partial charge in [0, 0.05) is 17.0 Å². The highest BCUT2D eigenvalue weighted by Crippen LogP contribution is 2.11. The van der Waals surface area contributed by atoms with Crippen LogP contribution in [0.3, 0.4) is 0 Å². The summed E-state index contributed by atoms with van der Waals surface area (Å²) in [7, 11) is 0. The lowest BCUT2D eigenvalue weighted by Gasteiger charge is -2.12. The Labute approximate surface area is 107 Å². The first kappa shape index (κ1) is 12.9. The predicted molar refractivity (Wildman–Crippen MR) is 62.7 cm³/mol. The zero-order valence-corrected chi connectivity index (χ0v) is 10.5. The van der Waals surface area contributed by atoms with Gasteiger partial charge in [0.25, 0.3) is 0 Å². The van der Waals surface area contributed by atoms with E-state index in [1.54, 1.807) is 13.8 Å². The molecule has 0 unspecified atom stereocenters. The lowest BCUT2D eigenvalue weighted by atomic mass is 10.1. The van der Waals surface area contributed by atoms with E-state index in [9.17, 15) is 9.59 Å². The Bertz CT molecular complexity index is 660. The Morgan fingerprint density at radius 1 is 1.47 bits per heavy atom. The van der Waals surface area contributed by atoms with Gasteiger partial charge in [-0.3, -0.25) is 9.36 Å². The van der Waals surface area contributed by atoms with Gasteiger partial charge in [0.1, 0.15) is 0 Å². The van der Waals surface area contributed by atoms with Crippen LogP contribution in [0.2, 0.25) is 0 Å². The minimum atomic E-state index is -0.974. The van der Waals surface area contributed by atoms with E-state index in [-0.39, 0.29) is 13.0 Å². The zero-order valence-electron chi connectivity index (χ0n) is 10.5. The maximum Gasteiger partial charge on any atom is 0.348 e. The number of carboxylic acid groups (broad SMARTS) is 1. The van der Waals surface area contributed by atoms with Gasteiger partial charge in [0.15, 0.2) is 5.82 Å². The Kier molecular flexibility index (Phi) is 3.41. The Balaban J connectivity index is 2.48. The summed E-state index contributed by atoms with van der Waals surface area (Å²) >= 11 is 0. The highest BCUT2D eigenvalue weighted by molar-refractivity contribution is 5.70. The summed E-state index contributed by atoms with van der Waals surface area (Å²) in [6, 6.07) is 0. The quantitative estimate of drug-likeness (QED) is 0.821. The SMILES string of the molecule is Cc1nc(=O)n(Cc2ncon2)c(C)c1CC(=O)O. The summed E-state index contributed by atoms with van der Waals surface area (Å²) in [4.78, 5) is 30.3. The molecule has 0 aromatic carbocycles.